The standard InChI is InChI=1S/C12H25NO2Si/c1-5-13(6-2)10-12-11-14-8-7-9-16(3,4)15-12/h5,12H,1,6-11H2,2-4H3. The molecule has 1 heterocycles. The van der Waals surface area contributed by atoms with Crippen LogP contribution in [0.1, 0.15) is 13.3 Å². The zero-order chi connectivity index (χ0) is 12.0. The second-order valence-electron chi connectivity index (χ2n) is 4.95. The normalized spacial score (nSPS) is 25.6. The van der Waals surface area contributed by atoms with E-state index < -0.39 is 8.32 Å². The van der Waals surface area contributed by atoms with Crippen LogP contribution in [0.4, 0.5) is 0 Å². The summed E-state index contributed by atoms with van der Waals surface area (Å²) in [6, 6.07) is 1.20. The zero-order valence-electron chi connectivity index (χ0n) is 10.9. The average molecular weight is 243 g/mol. The third-order valence-corrected chi connectivity index (χ3v) is 5.49. The highest BCUT2D eigenvalue weighted by atomic mass is 28.4. The maximum Gasteiger partial charge on any atom is 0.187 e. The molecule has 0 aromatic carbocycles. The Hall–Kier alpha value is -0.323. The molecule has 0 bridgehead atoms. The van der Waals surface area contributed by atoms with E-state index in [2.05, 4.69) is 31.5 Å². The summed E-state index contributed by atoms with van der Waals surface area (Å²) in [5, 5.41) is 0. The van der Waals surface area contributed by atoms with Crippen molar-refractivity contribution in [1.82, 2.24) is 4.90 Å². The van der Waals surface area contributed by atoms with Gasteiger partial charge in [-0.05, 0) is 38.7 Å². The number of hydrogen-bond donors (Lipinski definition) is 0. The quantitative estimate of drug-likeness (QED) is 0.708. The molecule has 3 nitrogen and oxygen atoms in total. The number of rotatable bonds is 4. The summed E-state index contributed by atoms with van der Waals surface area (Å²) in [6.45, 7) is 14.0. The Balaban J connectivity index is 2.51. The molecule has 1 aliphatic heterocycles. The van der Waals surface area contributed by atoms with Gasteiger partial charge in [0, 0.05) is 19.7 Å². The van der Waals surface area contributed by atoms with Crippen LogP contribution in [0.2, 0.25) is 19.1 Å². The molecule has 0 aliphatic carbocycles. The molecule has 0 spiro atoms. The highest BCUT2D eigenvalue weighted by Gasteiger charge is 2.28. The van der Waals surface area contributed by atoms with Crippen LogP contribution in [0, 0.1) is 0 Å². The Labute approximate surface area is 101 Å². The molecule has 0 saturated carbocycles. The van der Waals surface area contributed by atoms with Gasteiger partial charge in [-0.2, -0.15) is 0 Å². The van der Waals surface area contributed by atoms with Crippen molar-refractivity contribution in [3.05, 3.63) is 12.8 Å². The van der Waals surface area contributed by atoms with E-state index in [9.17, 15) is 0 Å². The van der Waals surface area contributed by atoms with E-state index in [1.807, 2.05) is 6.20 Å². The lowest BCUT2D eigenvalue weighted by Gasteiger charge is -2.34. The van der Waals surface area contributed by atoms with Gasteiger partial charge in [0.2, 0.25) is 0 Å². The lowest BCUT2D eigenvalue weighted by molar-refractivity contribution is 0.0242. The fraction of sp³-hybridized carbons (Fsp3) is 0.833. The van der Waals surface area contributed by atoms with Crippen LogP contribution in [0.25, 0.3) is 0 Å². The van der Waals surface area contributed by atoms with Crippen molar-refractivity contribution in [2.45, 2.75) is 38.6 Å². The molecule has 1 atom stereocenters. The predicted octanol–water partition coefficient (Wildman–Crippen LogP) is 2.46. The van der Waals surface area contributed by atoms with E-state index in [0.717, 1.165) is 32.7 Å². The molecule has 1 fully saturated rings. The Morgan fingerprint density at radius 3 is 2.88 bits per heavy atom. The molecular formula is C12H25NO2Si. The van der Waals surface area contributed by atoms with Crippen LogP contribution < -0.4 is 0 Å². The smallest absolute Gasteiger partial charge is 0.187 e. The summed E-state index contributed by atoms with van der Waals surface area (Å²) in [7, 11) is -1.47. The largest absolute Gasteiger partial charge is 0.410 e. The molecule has 1 unspecified atom stereocenters. The molecule has 0 aromatic rings. The monoisotopic (exact) mass is 243 g/mol. The topological polar surface area (TPSA) is 21.7 Å². The SMILES string of the molecule is C=CN(CC)CC1COCCC[Si](C)(C)O1. The van der Waals surface area contributed by atoms with Crippen LogP contribution in [-0.2, 0) is 9.16 Å². The van der Waals surface area contributed by atoms with Crippen LogP contribution in [0.15, 0.2) is 12.8 Å². The summed E-state index contributed by atoms with van der Waals surface area (Å²) in [6.07, 6.45) is 3.24. The van der Waals surface area contributed by atoms with Crippen molar-refractivity contribution in [1.29, 1.82) is 0 Å². The van der Waals surface area contributed by atoms with Gasteiger partial charge in [-0.1, -0.05) is 6.58 Å². The van der Waals surface area contributed by atoms with Crippen LogP contribution in [-0.4, -0.2) is 45.6 Å². The van der Waals surface area contributed by atoms with E-state index >= 15 is 0 Å². The number of likely N-dealkylation sites (N-methyl/N-ethyl adjacent to an activating group) is 1. The molecule has 94 valence electrons. The predicted molar refractivity (Wildman–Crippen MR) is 70.0 cm³/mol. The van der Waals surface area contributed by atoms with Gasteiger partial charge in [-0.15, -0.1) is 0 Å². The minimum atomic E-state index is -1.47. The maximum absolute atomic E-state index is 6.24. The van der Waals surface area contributed by atoms with E-state index in [1.165, 1.54) is 6.04 Å². The fourth-order valence-corrected chi connectivity index (χ4v) is 4.20. The van der Waals surface area contributed by atoms with Gasteiger partial charge in [0.25, 0.3) is 0 Å². The van der Waals surface area contributed by atoms with E-state index in [-0.39, 0.29) is 6.10 Å². The highest BCUT2D eigenvalue weighted by molar-refractivity contribution is 6.71. The van der Waals surface area contributed by atoms with E-state index in [0.29, 0.717) is 0 Å². The highest BCUT2D eigenvalue weighted by Crippen LogP contribution is 2.19. The third-order valence-electron chi connectivity index (χ3n) is 2.96. The van der Waals surface area contributed by atoms with Gasteiger partial charge < -0.3 is 14.1 Å². The molecular weight excluding hydrogens is 218 g/mol. The van der Waals surface area contributed by atoms with Crippen molar-refractivity contribution in [2.24, 2.45) is 0 Å². The van der Waals surface area contributed by atoms with Gasteiger partial charge in [-0.25, -0.2) is 0 Å². The first kappa shape index (κ1) is 13.7. The minimum absolute atomic E-state index is 0.208. The first-order chi connectivity index (χ1) is 7.57. The molecule has 0 aromatic heterocycles. The van der Waals surface area contributed by atoms with Crippen LogP contribution >= 0.6 is 0 Å². The van der Waals surface area contributed by atoms with Crippen molar-refractivity contribution in [3.63, 3.8) is 0 Å². The number of ether oxygens (including phenoxy) is 1. The third kappa shape index (κ3) is 4.68. The molecule has 1 aliphatic rings. The first-order valence-corrected chi connectivity index (χ1v) is 9.31. The average Bonchev–Trinajstić information content (AvgIpc) is 2.21. The van der Waals surface area contributed by atoms with Gasteiger partial charge in [-0.3, -0.25) is 0 Å². The van der Waals surface area contributed by atoms with Crippen molar-refractivity contribution in [2.75, 3.05) is 26.3 Å². The Bertz CT molecular complexity index is 221. The minimum Gasteiger partial charge on any atom is -0.410 e. The first-order valence-electron chi connectivity index (χ1n) is 6.19. The van der Waals surface area contributed by atoms with Crippen LogP contribution in [0.3, 0.4) is 0 Å². The van der Waals surface area contributed by atoms with E-state index in [1.54, 1.807) is 0 Å². The van der Waals surface area contributed by atoms with Crippen LogP contribution in [0.5, 0.6) is 0 Å². The van der Waals surface area contributed by atoms with Gasteiger partial charge in [0.15, 0.2) is 8.32 Å². The number of hydrogen-bond acceptors (Lipinski definition) is 3. The van der Waals surface area contributed by atoms with Crippen molar-refractivity contribution in [3.8, 4) is 0 Å². The maximum atomic E-state index is 6.24. The fourth-order valence-electron chi connectivity index (χ4n) is 2.04. The Morgan fingerprint density at radius 2 is 2.25 bits per heavy atom. The summed E-state index contributed by atoms with van der Waals surface area (Å²) in [5.41, 5.74) is 0. The lowest BCUT2D eigenvalue weighted by atomic mass is 10.3. The summed E-state index contributed by atoms with van der Waals surface area (Å²) in [4.78, 5) is 2.18. The van der Waals surface area contributed by atoms with Crippen molar-refractivity contribution >= 4 is 8.32 Å². The molecule has 1 rings (SSSR count). The van der Waals surface area contributed by atoms with Crippen molar-refractivity contribution < 1.29 is 9.16 Å². The van der Waals surface area contributed by atoms with E-state index in [4.69, 9.17) is 9.16 Å². The second-order valence-corrected chi connectivity index (χ2v) is 9.20. The number of nitrogens with zero attached hydrogens (tertiary/aromatic N) is 1. The summed E-state index contributed by atoms with van der Waals surface area (Å²) in [5.74, 6) is 0. The Kier molecular flexibility index (Phi) is 5.51. The molecule has 0 amide bonds. The van der Waals surface area contributed by atoms with Gasteiger partial charge in [0.05, 0.1) is 12.7 Å². The molecule has 0 radical (unpaired) electrons. The lowest BCUT2D eigenvalue weighted by Crippen LogP contribution is -2.44. The molecule has 16 heavy (non-hydrogen) atoms. The van der Waals surface area contributed by atoms with Gasteiger partial charge in [0.1, 0.15) is 0 Å². The summed E-state index contributed by atoms with van der Waals surface area (Å²) < 4.78 is 11.8. The molecule has 4 heteroatoms. The molecule has 1 saturated heterocycles. The molecule has 0 N–H and O–H groups in total. The Morgan fingerprint density at radius 1 is 1.50 bits per heavy atom. The second kappa shape index (κ2) is 6.42. The zero-order valence-corrected chi connectivity index (χ0v) is 11.9. The summed E-state index contributed by atoms with van der Waals surface area (Å²) >= 11 is 0. The van der Waals surface area contributed by atoms with Gasteiger partial charge >= 0.3 is 0 Å².